The van der Waals surface area contributed by atoms with Crippen LogP contribution in [0.15, 0.2) is 33.6 Å². The molecule has 0 heterocycles. The number of benzene rings is 1. The van der Waals surface area contributed by atoms with Crippen molar-refractivity contribution in [3.8, 4) is 0 Å². The molecule has 1 aromatic rings. The molecule has 0 unspecified atom stereocenters. The van der Waals surface area contributed by atoms with Gasteiger partial charge < -0.3 is 0 Å². The van der Waals surface area contributed by atoms with Gasteiger partial charge in [-0.15, -0.1) is 0 Å². The molecule has 9 atom stereocenters. The van der Waals surface area contributed by atoms with E-state index in [1.54, 1.807) is 24.3 Å². The fourth-order valence-corrected chi connectivity index (χ4v) is 9.15. The molecule has 6 saturated carbocycles. The van der Waals surface area contributed by atoms with Crippen molar-refractivity contribution < 1.29 is 12.6 Å². The third kappa shape index (κ3) is 1.53. The Morgan fingerprint density at radius 3 is 2.22 bits per heavy atom. The minimum atomic E-state index is -3.64. The minimum absolute atomic E-state index is 0.0635. The van der Waals surface area contributed by atoms with Gasteiger partial charge >= 0.3 is 0 Å². The van der Waals surface area contributed by atoms with Crippen LogP contribution in [0.2, 0.25) is 0 Å². The molecule has 0 radical (unpaired) electrons. The molecule has 8 bridgehead atoms. The number of hydrogen-bond donors (Lipinski definition) is 0. The van der Waals surface area contributed by atoms with E-state index in [4.69, 9.17) is 4.18 Å². The second kappa shape index (κ2) is 4.23. The summed E-state index contributed by atoms with van der Waals surface area (Å²) in [7, 11) is -3.64. The van der Waals surface area contributed by atoms with E-state index in [0.717, 1.165) is 52.3 Å². The quantitative estimate of drug-likeness (QED) is 0.734. The average molecular weight is 395 g/mol. The van der Waals surface area contributed by atoms with Crippen LogP contribution in [0.5, 0.6) is 0 Å². The molecule has 7 rings (SSSR count). The molecular formula is C18H19BrO3S. The lowest BCUT2D eigenvalue weighted by atomic mass is 9.70. The first kappa shape index (κ1) is 13.9. The summed E-state index contributed by atoms with van der Waals surface area (Å²) in [4.78, 5) is 0.280. The standard InChI is InChI=1S/C18H19BrO3S/c19-8-1-3-9(4-2-8)23(20,21)22-13-7-12-15-10-5-6-11-14(10)17(12)18(13)16(11)15/h1-4,10-18H,5-7H2/t10-,11-,12-,13+,14-,15+,16+,17-,18+/m0/s1. The van der Waals surface area contributed by atoms with Crippen molar-refractivity contribution in [2.45, 2.75) is 30.3 Å². The third-order valence-electron chi connectivity index (χ3n) is 7.86. The van der Waals surface area contributed by atoms with Crippen LogP contribution < -0.4 is 0 Å². The summed E-state index contributed by atoms with van der Waals surface area (Å²) in [5.41, 5.74) is 0. The molecule has 0 N–H and O–H groups in total. The average Bonchev–Trinajstić information content (AvgIpc) is 3.28. The second-order valence-electron chi connectivity index (χ2n) is 8.23. The highest BCUT2D eigenvalue weighted by Crippen LogP contribution is 2.82. The summed E-state index contributed by atoms with van der Waals surface area (Å²) in [6.45, 7) is 0. The number of halogens is 1. The number of hydrogen-bond acceptors (Lipinski definition) is 3. The second-order valence-corrected chi connectivity index (χ2v) is 10.7. The first-order chi connectivity index (χ1) is 11.1. The van der Waals surface area contributed by atoms with Crippen LogP contribution >= 0.6 is 15.9 Å². The van der Waals surface area contributed by atoms with Crippen LogP contribution in [0.1, 0.15) is 19.3 Å². The fourth-order valence-electron chi connectivity index (χ4n) is 7.77. The van der Waals surface area contributed by atoms with Crippen molar-refractivity contribution in [3.05, 3.63) is 28.7 Å². The molecule has 6 aliphatic carbocycles. The van der Waals surface area contributed by atoms with E-state index >= 15 is 0 Å². The molecule has 122 valence electrons. The zero-order valence-corrected chi connectivity index (χ0v) is 15.0. The highest BCUT2D eigenvalue weighted by Gasteiger charge is 2.79. The van der Waals surface area contributed by atoms with Gasteiger partial charge in [-0.2, -0.15) is 8.42 Å². The molecule has 23 heavy (non-hydrogen) atoms. The molecule has 3 nitrogen and oxygen atoms in total. The summed E-state index contributed by atoms with van der Waals surface area (Å²) in [5.74, 6) is 6.59. The summed E-state index contributed by atoms with van der Waals surface area (Å²) in [6, 6.07) is 6.77. The van der Waals surface area contributed by atoms with E-state index < -0.39 is 10.1 Å². The maximum Gasteiger partial charge on any atom is 0.297 e. The van der Waals surface area contributed by atoms with E-state index in [9.17, 15) is 8.42 Å². The third-order valence-corrected chi connectivity index (χ3v) is 9.74. The maximum atomic E-state index is 12.6. The predicted molar refractivity (Wildman–Crippen MR) is 88.0 cm³/mol. The Balaban J connectivity index is 1.29. The van der Waals surface area contributed by atoms with Crippen LogP contribution in [0.25, 0.3) is 0 Å². The molecule has 0 saturated heterocycles. The Morgan fingerprint density at radius 1 is 0.870 bits per heavy atom. The zero-order valence-electron chi connectivity index (χ0n) is 12.6. The first-order valence-electron chi connectivity index (χ1n) is 8.75. The van der Waals surface area contributed by atoms with Crippen molar-refractivity contribution >= 4 is 26.0 Å². The van der Waals surface area contributed by atoms with E-state index in [1.165, 1.54) is 12.8 Å². The minimum Gasteiger partial charge on any atom is -0.263 e. The van der Waals surface area contributed by atoms with E-state index in [2.05, 4.69) is 15.9 Å². The van der Waals surface area contributed by atoms with Gasteiger partial charge in [-0.25, -0.2) is 0 Å². The predicted octanol–water partition coefficient (Wildman–Crippen LogP) is 3.69. The largest absolute Gasteiger partial charge is 0.297 e. The lowest BCUT2D eigenvalue weighted by Gasteiger charge is -2.38. The van der Waals surface area contributed by atoms with Gasteiger partial charge in [0.15, 0.2) is 0 Å². The zero-order chi connectivity index (χ0) is 15.5. The first-order valence-corrected chi connectivity index (χ1v) is 11.0. The van der Waals surface area contributed by atoms with E-state index in [0.29, 0.717) is 5.92 Å². The molecule has 0 aliphatic heterocycles. The van der Waals surface area contributed by atoms with Crippen LogP contribution in [0.3, 0.4) is 0 Å². The Bertz CT molecular complexity index is 781. The molecule has 0 aromatic heterocycles. The van der Waals surface area contributed by atoms with Gasteiger partial charge in [-0.1, -0.05) is 15.9 Å². The van der Waals surface area contributed by atoms with Gasteiger partial charge in [-0.05, 0) is 90.9 Å². The molecule has 6 aliphatic rings. The molecule has 6 fully saturated rings. The van der Waals surface area contributed by atoms with Gasteiger partial charge in [0.1, 0.15) is 0 Å². The topological polar surface area (TPSA) is 43.4 Å². The smallest absolute Gasteiger partial charge is 0.263 e. The van der Waals surface area contributed by atoms with Gasteiger partial charge in [0.25, 0.3) is 10.1 Å². The number of rotatable bonds is 3. The van der Waals surface area contributed by atoms with Crippen LogP contribution in [0, 0.1) is 47.3 Å². The van der Waals surface area contributed by atoms with Crippen LogP contribution in [-0.2, 0) is 14.3 Å². The Morgan fingerprint density at radius 2 is 1.48 bits per heavy atom. The summed E-state index contributed by atoms with van der Waals surface area (Å²) in [6.07, 6.45) is 3.75. The van der Waals surface area contributed by atoms with E-state index in [1.807, 2.05) is 0 Å². The Kier molecular flexibility index (Phi) is 2.54. The van der Waals surface area contributed by atoms with Gasteiger partial charge in [0, 0.05) is 4.47 Å². The summed E-state index contributed by atoms with van der Waals surface area (Å²) >= 11 is 3.35. The van der Waals surface area contributed by atoms with Crippen molar-refractivity contribution in [1.82, 2.24) is 0 Å². The van der Waals surface area contributed by atoms with Gasteiger partial charge in [0.05, 0.1) is 11.0 Å². The Labute approximate surface area is 145 Å². The molecule has 5 heteroatoms. The highest BCUT2D eigenvalue weighted by molar-refractivity contribution is 9.10. The highest BCUT2D eigenvalue weighted by atomic mass is 79.9. The van der Waals surface area contributed by atoms with E-state index in [-0.39, 0.29) is 11.0 Å². The van der Waals surface area contributed by atoms with Crippen molar-refractivity contribution in [2.24, 2.45) is 47.3 Å². The van der Waals surface area contributed by atoms with Crippen molar-refractivity contribution in [1.29, 1.82) is 0 Å². The van der Waals surface area contributed by atoms with Gasteiger partial charge in [-0.3, -0.25) is 4.18 Å². The van der Waals surface area contributed by atoms with Crippen LogP contribution in [0.4, 0.5) is 0 Å². The van der Waals surface area contributed by atoms with Crippen molar-refractivity contribution in [2.75, 3.05) is 0 Å². The maximum absolute atomic E-state index is 12.6. The fraction of sp³-hybridized carbons (Fsp3) is 0.667. The monoisotopic (exact) mass is 394 g/mol. The molecule has 0 spiro atoms. The van der Waals surface area contributed by atoms with Gasteiger partial charge in [0.2, 0.25) is 0 Å². The normalized spacial score (nSPS) is 51.3. The lowest BCUT2D eigenvalue weighted by molar-refractivity contribution is 0.0471. The summed E-state index contributed by atoms with van der Waals surface area (Å²) < 4.78 is 31.9. The SMILES string of the molecule is O=S(=O)(O[C@@H]1C[C@H]2[C@H]3[C@H]4CC[C@H]5[C@H]4[C@H]2[C@H]1[C@H]53)c1ccc(Br)cc1. The molecule has 0 amide bonds. The lowest BCUT2D eigenvalue weighted by Crippen LogP contribution is -2.37. The molecule has 1 aromatic carbocycles. The summed E-state index contributed by atoms with van der Waals surface area (Å²) in [5, 5.41) is 0. The molecular weight excluding hydrogens is 376 g/mol. The Hall–Kier alpha value is -0.390. The van der Waals surface area contributed by atoms with Crippen molar-refractivity contribution in [3.63, 3.8) is 0 Å². The van der Waals surface area contributed by atoms with Crippen LogP contribution in [-0.4, -0.2) is 14.5 Å².